The number of likely N-dealkylation sites (tertiary alicyclic amines) is 1. The molecule has 0 aliphatic carbocycles. The first-order valence-corrected chi connectivity index (χ1v) is 11.4. The Kier molecular flexibility index (Phi) is 9.08. The molecule has 0 radical (unpaired) electrons. The minimum Gasteiger partial charge on any atom is -0.493 e. The maximum atomic E-state index is 12.9. The van der Waals surface area contributed by atoms with Gasteiger partial charge in [-0.25, -0.2) is 0 Å². The van der Waals surface area contributed by atoms with Crippen molar-refractivity contribution < 1.29 is 36.9 Å². The van der Waals surface area contributed by atoms with Crippen molar-refractivity contribution in [3.63, 3.8) is 0 Å². The van der Waals surface area contributed by atoms with Crippen LogP contribution >= 0.6 is 0 Å². The third-order valence-corrected chi connectivity index (χ3v) is 5.90. The summed E-state index contributed by atoms with van der Waals surface area (Å²) in [6, 6.07) is 8.16. The molecule has 0 saturated carbocycles. The third-order valence-electron chi connectivity index (χ3n) is 5.90. The summed E-state index contributed by atoms with van der Waals surface area (Å²) in [4.78, 5) is 15.0. The van der Waals surface area contributed by atoms with Gasteiger partial charge in [0.05, 0.1) is 27.0 Å². The Morgan fingerprint density at radius 1 is 0.972 bits per heavy atom. The van der Waals surface area contributed by atoms with Crippen LogP contribution in [0.5, 0.6) is 23.0 Å². The first kappa shape index (κ1) is 27.2. The lowest BCUT2D eigenvalue weighted by molar-refractivity contribution is -0.153. The number of halogens is 3. The van der Waals surface area contributed by atoms with Crippen LogP contribution in [-0.2, 0) is 4.79 Å². The fourth-order valence-electron chi connectivity index (χ4n) is 3.93. The number of ether oxygens (including phenoxy) is 4. The molecule has 2 aromatic rings. The van der Waals surface area contributed by atoms with Crippen LogP contribution in [0.1, 0.15) is 24.0 Å². The predicted octanol–water partition coefficient (Wildman–Crippen LogP) is 5.10. The molecule has 7 nitrogen and oxygen atoms in total. The van der Waals surface area contributed by atoms with Crippen molar-refractivity contribution in [3.8, 4) is 23.0 Å². The molecule has 1 heterocycles. The molecule has 0 unspecified atom stereocenters. The van der Waals surface area contributed by atoms with E-state index in [0.29, 0.717) is 35.7 Å². The highest BCUT2D eigenvalue weighted by molar-refractivity contribution is 5.94. The maximum Gasteiger partial charge on any atom is 0.422 e. The Balaban J connectivity index is 1.86. The second-order valence-corrected chi connectivity index (χ2v) is 8.52. The number of amides is 1. The van der Waals surface area contributed by atoms with E-state index in [-0.39, 0.29) is 23.3 Å². The number of nitrogens with one attached hydrogen (secondary N) is 1. The highest BCUT2D eigenvalue weighted by Gasteiger charge is 2.29. The Hall–Kier alpha value is -3.40. The normalized spacial score (nSPS) is 15.1. The van der Waals surface area contributed by atoms with Crippen LogP contribution in [0, 0.1) is 5.92 Å². The second kappa shape index (κ2) is 12.0. The molecular formula is C26H31F3N2O5. The fourth-order valence-corrected chi connectivity index (χ4v) is 3.93. The van der Waals surface area contributed by atoms with Crippen LogP contribution in [0.3, 0.4) is 0 Å². The van der Waals surface area contributed by atoms with Gasteiger partial charge in [-0.2, -0.15) is 13.2 Å². The molecule has 1 amide bonds. The monoisotopic (exact) mass is 508 g/mol. The molecule has 1 fully saturated rings. The molecule has 0 bridgehead atoms. The van der Waals surface area contributed by atoms with E-state index in [9.17, 15) is 18.0 Å². The van der Waals surface area contributed by atoms with Crippen LogP contribution in [0.2, 0.25) is 0 Å². The van der Waals surface area contributed by atoms with Crippen molar-refractivity contribution in [2.75, 3.05) is 53.4 Å². The van der Waals surface area contributed by atoms with Crippen molar-refractivity contribution in [3.05, 3.63) is 41.5 Å². The number of carbonyl (C=O) groups excluding carboxylic acids is 1. The number of piperidine rings is 1. The second-order valence-electron chi connectivity index (χ2n) is 8.52. The number of rotatable bonds is 9. The Labute approximate surface area is 208 Å². The zero-order chi connectivity index (χ0) is 26.3. The van der Waals surface area contributed by atoms with Gasteiger partial charge < -0.3 is 29.2 Å². The highest BCUT2D eigenvalue weighted by Crippen LogP contribution is 2.39. The zero-order valence-electron chi connectivity index (χ0n) is 20.8. The summed E-state index contributed by atoms with van der Waals surface area (Å²) >= 11 is 0. The van der Waals surface area contributed by atoms with E-state index in [4.69, 9.17) is 18.9 Å². The van der Waals surface area contributed by atoms with Gasteiger partial charge in [-0.1, -0.05) is 18.2 Å². The lowest BCUT2D eigenvalue weighted by Crippen LogP contribution is -2.36. The summed E-state index contributed by atoms with van der Waals surface area (Å²) in [6.07, 6.45) is 0.419. The lowest BCUT2D eigenvalue weighted by Gasteiger charge is -2.28. The van der Waals surface area contributed by atoms with Gasteiger partial charge in [0, 0.05) is 5.92 Å². The first-order valence-electron chi connectivity index (χ1n) is 11.4. The standard InChI is InChI=1S/C26H31F3N2O5/c1-31-11-9-19(10-12-31)25(32)30-20-13-17(7-8-21(20)36-16-26(27,28)29)5-6-18-14-22(33-2)24(35-4)23(15-18)34-3/h5-8,13-15,19H,9-12,16H2,1-4H3,(H,30,32)/b6-5-. The molecule has 1 N–H and O–H groups in total. The van der Waals surface area contributed by atoms with Crippen molar-refractivity contribution in [2.45, 2.75) is 19.0 Å². The smallest absolute Gasteiger partial charge is 0.422 e. The molecule has 1 aliphatic rings. The fraction of sp³-hybridized carbons (Fsp3) is 0.423. The van der Waals surface area contributed by atoms with E-state index < -0.39 is 12.8 Å². The number of carbonyl (C=O) groups is 1. The SMILES string of the molecule is COc1cc(/C=C\c2ccc(OCC(F)(F)F)c(NC(=O)C3CCN(C)CC3)c2)cc(OC)c1OC. The molecule has 196 valence electrons. The van der Waals surface area contributed by atoms with Crippen LogP contribution in [0.25, 0.3) is 12.2 Å². The number of nitrogens with zero attached hydrogens (tertiary/aromatic N) is 1. The van der Waals surface area contributed by atoms with E-state index in [1.54, 1.807) is 36.4 Å². The maximum absolute atomic E-state index is 12.9. The molecule has 0 aromatic heterocycles. The molecule has 10 heteroatoms. The summed E-state index contributed by atoms with van der Waals surface area (Å²) < 4.78 is 59.4. The third kappa shape index (κ3) is 7.30. The summed E-state index contributed by atoms with van der Waals surface area (Å²) in [5, 5.41) is 2.78. The summed E-state index contributed by atoms with van der Waals surface area (Å²) in [5.41, 5.74) is 1.59. The van der Waals surface area contributed by atoms with Crippen molar-refractivity contribution >= 4 is 23.7 Å². The molecule has 2 aromatic carbocycles. The quantitative estimate of drug-likeness (QED) is 0.475. The van der Waals surface area contributed by atoms with Crippen LogP contribution in [0.4, 0.5) is 18.9 Å². The number of anilines is 1. The molecule has 0 spiro atoms. The zero-order valence-corrected chi connectivity index (χ0v) is 20.8. The van der Waals surface area contributed by atoms with Gasteiger partial charge in [0.1, 0.15) is 5.75 Å². The van der Waals surface area contributed by atoms with Crippen LogP contribution in [-0.4, -0.2) is 65.1 Å². The number of alkyl halides is 3. The summed E-state index contributed by atoms with van der Waals surface area (Å²) in [6.45, 7) is 0.116. The number of hydrogen-bond acceptors (Lipinski definition) is 6. The largest absolute Gasteiger partial charge is 0.493 e. The molecule has 1 aliphatic heterocycles. The number of hydrogen-bond donors (Lipinski definition) is 1. The highest BCUT2D eigenvalue weighted by atomic mass is 19.4. The molecule has 3 rings (SSSR count). The van der Waals surface area contributed by atoms with E-state index in [2.05, 4.69) is 10.2 Å². The van der Waals surface area contributed by atoms with Gasteiger partial charge in [0.15, 0.2) is 18.1 Å². The van der Waals surface area contributed by atoms with Gasteiger partial charge >= 0.3 is 6.18 Å². The van der Waals surface area contributed by atoms with E-state index >= 15 is 0 Å². The van der Waals surface area contributed by atoms with E-state index in [1.165, 1.54) is 27.4 Å². The topological polar surface area (TPSA) is 69.3 Å². The Bertz CT molecular complexity index is 1050. The number of benzene rings is 2. The average molecular weight is 509 g/mol. The van der Waals surface area contributed by atoms with Gasteiger partial charge in [0.25, 0.3) is 0 Å². The van der Waals surface area contributed by atoms with Gasteiger partial charge in [-0.3, -0.25) is 4.79 Å². The van der Waals surface area contributed by atoms with Gasteiger partial charge in [-0.15, -0.1) is 0 Å². The van der Waals surface area contributed by atoms with Crippen LogP contribution < -0.4 is 24.3 Å². The minimum absolute atomic E-state index is 0.0430. The molecule has 1 saturated heterocycles. The molecular weight excluding hydrogens is 477 g/mol. The van der Waals surface area contributed by atoms with E-state index in [0.717, 1.165) is 18.7 Å². The first-order chi connectivity index (χ1) is 17.1. The summed E-state index contributed by atoms with van der Waals surface area (Å²) in [5.74, 6) is 0.943. The van der Waals surface area contributed by atoms with Crippen molar-refractivity contribution in [2.24, 2.45) is 5.92 Å². The Morgan fingerprint density at radius 2 is 1.58 bits per heavy atom. The van der Waals surface area contributed by atoms with Gasteiger partial charge in [0.2, 0.25) is 11.7 Å². The molecule has 36 heavy (non-hydrogen) atoms. The van der Waals surface area contributed by atoms with Crippen molar-refractivity contribution in [1.29, 1.82) is 0 Å². The van der Waals surface area contributed by atoms with Gasteiger partial charge in [-0.05, 0) is 68.4 Å². The number of methoxy groups -OCH3 is 3. The predicted molar refractivity (Wildman–Crippen MR) is 132 cm³/mol. The van der Waals surface area contributed by atoms with E-state index in [1.807, 2.05) is 7.05 Å². The minimum atomic E-state index is -4.50. The Morgan fingerprint density at radius 3 is 2.14 bits per heavy atom. The molecule has 0 atom stereocenters. The lowest BCUT2D eigenvalue weighted by atomic mass is 9.96. The van der Waals surface area contributed by atoms with Crippen molar-refractivity contribution in [1.82, 2.24) is 4.90 Å². The average Bonchev–Trinajstić information content (AvgIpc) is 2.85. The summed E-state index contributed by atoms with van der Waals surface area (Å²) in [7, 11) is 6.54. The van der Waals surface area contributed by atoms with Crippen LogP contribution in [0.15, 0.2) is 30.3 Å².